The molecule has 0 saturated heterocycles. The summed E-state index contributed by atoms with van der Waals surface area (Å²) in [7, 11) is 1.41. The first-order valence-corrected chi connectivity index (χ1v) is 5.01. The molecular weight excluding hydrogens is 204 g/mol. The van der Waals surface area contributed by atoms with E-state index in [4.69, 9.17) is 9.57 Å². The molecular formula is C8H12N2O3S. The van der Waals surface area contributed by atoms with Crippen molar-refractivity contribution in [2.24, 2.45) is 0 Å². The molecule has 1 amide bonds. The van der Waals surface area contributed by atoms with E-state index in [0.29, 0.717) is 11.7 Å². The van der Waals surface area contributed by atoms with Gasteiger partial charge in [0.15, 0.2) is 0 Å². The van der Waals surface area contributed by atoms with Crippen LogP contribution in [0.4, 0.5) is 4.79 Å². The van der Waals surface area contributed by atoms with Crippen molar-refractivity contribution in [1.29, 1.82) is 0 Å². The number of aromatic nitrogens is 1. The van der Waals surface area contributed by atoms with E-state index in [2.05, 4.69) is 4.98 Å². The number of rotatable bonds is 3. The summed E-state index contributed by atoms with van der Waals surface area (Å²) >= 11 is 1.28. The summed E-state index contributed by atoms with van der Waals surface area (Å²) < 4.78 is 4.95. The zero-order chi connectivity index (χ0) is 10.6. The van der Waals surface area contributed by atoms with Gasteiger partial charge in [-0.15, -0.1) is 0 Å². The molecule has 0 aromatic carbocycles. The summed E-state index contributed by atoms with van der Waals surface area (Å²) in [5, 5.41) is 3.26. The number of nitrogens with zero attached hydrogens (tertiary/aromatic N) is 2. The van der Waals surface area contributed by atoms with Crippen LogP contribution < -0.4 is 4.74 Å². The van der Waals surface area contributed by atoms with E-state index in [0.717, 1.165) is 10.8 Å². The lowest BCUT2D eigenvalue weighted by atomic mass is 10.6. The van der Waals surface area contributed by atoms with Gasteiger partial charge in [-0.25, -0.2) is 9.78 Å². The van der Waals surface area contributed by atoms with Crippen molar-refractivity contribution in [1.82, 2.24) is 10.0 Å². The number of hydrogen-bond acceptors (Lipinski definition) is 5. The number of amides is 1. The molecule has 0 aliphatic rings. The van der Waals surface area contributed by atoms with Gasteiger partial charge in [0.05, 0.1) is 12.8 Å². The van der Waals surface area contributed by atoms with Gasteiger partial charge in [0.1, 0.15) is 0 Å². The molecule has 0 aliphatic heterocycles. The van der Waals surface area contributed by atoms with Crippen LogP contribution in [0.15, 0.2) is 5.38 Å². The van der Waals surface area contributed by atoms with Crippen LogP contribution in [-0.4, -0.2) is 29.8 Å². The fraction of sp³-hybridized carbons (Fsp3) is 0.500. The molecule has 1 aromatic rings. The van der Waals surface area contributed by atoms with Gasteiger partial charge in [0, 0.05) is 11.9 Å². The van der Waals surface area contributed by atoms with Gasteiger partial charge in [-0.1, -0.05) is 11.3 Å². The number of carbonyl (C=O) groups excluding carboxylic acids is 1. The maximum Gasteiger partial charge on any atom is 0.441 e. The molecule has 0 bridgehead atoms. The van der Waals surface area contributed by atoms with Gasteiger partial charge >= 0.3 is 6.09 Å². The highest BCUT2D eigenvalue weighted by atomic mass is 32.1. The van der Waals surface area contributed by atoms with Crippen molar-refractivity contribution in [2.45, 2.75) is 13.8 Å². The SMILES string of the molecule is CCN(OC)C(=O)Oc1nc(C)cs1. The second-order valence-corrected chi connectivity index (χ2v) is 3.32. The molecule has 1 aromatic heterocycles. The molecule has 5 nitrogen and oxygen atoms in total. The normalized spacial score (nSPS) is 9.93. The van der Waals surface area contributed by atoms with Crippen LogP contribution in [0.2, 0.25) is 0 Å². The minimum atomic E-state index is -0.552. The van der Waals surface area contributed by atoms with E-state index in [1.807, 2.05) is 12.3 Å². The number of aryl methyl sites for hydroxylation is 1. The van der Waals surface area contributed by atoms with Crippen LogP contribution in [0.3, 0.4) is 0 Å². The Balaban J connectivity index is 2.56. The summed E-state index contributed by atoms with van der Waals surface area (Å²) in [6, 6.07) is 0. The fourth-order valence-corrected chi connectivity index (χ4v) is 1.48. The average Bonchev–Trinajstić information content (AvgIpc) is 2.53. The van der Waals surface area contributed by atoms with Gasteiger partial charge in [0.25, 0.3) is 5.19 Å². The molecule has 0 saturated carbocycles. The number of carbonyl (C=O) groups is 1. The zero-order valence-corrected chi connectivity index (χ0v) is 9.13. The third kappa shape index (κ3) is 2.68. The standard InChI is InChI=1S/C8H12N2O3S/c1-4-10(12-3)8(11)13-7-9-6(2)5-14-7/h5H,4H2,1-3H3. The summed E-state index contributed by atoms with van der Waals surface area (Å²) in [4.78, 5) is 20.1. The van der Waals surface area contributed by atoms with Crippen LogP contribution in [-0.2, 0) is 4.84 Å². The van der Waals surface area contributed by atoms with Gasteiger partial charge in [-0.2, -0.15) is 5.06 Å². The van der Waals surface area contributed by atoms with Crippen LogP contribution in [0, 0.1) is 6.92 Å². The molecule has 0 spiro atoms. The van der Waals surface area contributed by atoms with Crippen LogP contribution in [0.25, 0.3) is 0 Å². The average molecular weight is 216 g/mol. The molecule has 0 atom stereocenters. The van der Waals surface area contributed by atoms with Crippen molar-refractivity contribution in [3.63, 3.8) is 0 Å². The number of hydroxylamine groups is 2. The predicted octanol–water partition coefficient (Wildman–Crippen LogP) is 1.83. The summed E-state index contributed by atoms with van der Waals surface area (Å²) in [6.07, 6.45) is -0.552. The van der Waals surface area contributed by atoms with Gasteiger partial charge in [0.2, 0.25) is 0 Å². The first-order chi connectivity index (χ1) is 6.67. The van der Waals surface area contributed by atoms with Crippen molar-refractivity contribution in [3.05, 3.63) is 11.1 Å². The largest absolute Gasteiger partial charge is 0.441 e. The number of hydrogen-bond donors (Lipinski definition) is 0. The molecule has 0 fully saturated rings. The molecule has 1 heterocycles. The Morgan fingerprint density at radius 2 is 2.43 bits per heavy atom. The Labute approximate surface area is 86.2 Å². The Kier molecular flexibility index (Phi) is 3.84. The zero-order valence-electron chi connectivity index (χ0n) is 8.31. The van der Waals surface area contributed by atoms with E-state index in [1.54, 1.807) is 6.92 Å². The highest BCUT2D eigenvalue weighted by molar-refractivity contribution is 7.11. The molecule has 0 radical (unpaired) electrons. The maximum absolute atomic E-state index is 11.3. The maximum atomic E-state index is 11.3. The Hall–Kier alpha value is -1.14. The van der Waals surface area contributed by atoms with Crippen molar-refractivity contribution < 1.29 is 14.4 Å². The summed E-state index contributed by atoms with van der Waals surface area (Å²) in [6.45, 7) is 4.05. The Bertz CT molecular complexity index is 309. The van der Waals surface area contributed by atoms with Gasteiger partial charge in [-0.3, -0.25) is 4.84 Å². The Morgan fingerprint density at radius 3 is 2.86 bits per heavy atom. The fourth-order valence-electron chi connectivity index (χ4n) is 0.838. The lowest BCUT2D eigenvalue weighted by Gasteiger charge is -2.15. The summed E-state index contributed by atoms with van der Waals surface area (Å²) in [5.41, 5.74) is 0.832. The van der Waals surface area contributed by atoms with E-state index in [-0.39, 0.29) is 0 Å². The smallest absolute Gasteiger partial charge is 0.380 e. The monoisotopic (exact) mass is 216 g/mol. The van der Waals surface area contributed by atoms with E-state index < -0.39 is 6.09 Å². The van der Waals surface area contributed by atoms with Crippen LogP contribution in [0.1, 0.15) is 12.6 Å². The molecule has 14 heavy (non-hydrogen) atoms. The topological polar surface area (TPSA) is 51.7 Å². The molecule has 78 valence electrons. The van der Waals surface area contributed by atoms with Crippen molar-refractivity contribution >= 4 is 17.4 Å². The second-order valence-electron chi connectivity index (χ2n) is 2.50. The van der Waals surface area contributed by atoms with Crippen LogP contribution >= 0.6 is 11.3 Å². The third-order valence-electron chi connectivity index (χ3n) is 1.48. The lowest BCUT2D eigenvalue weighted by molar-refractivity contribution is -0.0958. The minimum Gasteiger partial charge on any atom is -0.380 e. The van der Waals surface area contributed by atoms with E-state index in [9.17, 15) is 4.79 Å². The minimum absolute atomic E-state index is 0.336. The van der Waals surface area contributed by atoms with E-state index >= 15 is 0 Å². The van der Waals surface area contributed by atoms with E-state index in [1.165, 1.54) is 18.4 Å². The summed E-state index contributed by atoms with van der Waals surface area (Å²) in [5.74, 6) is 0. The van der Waals surface area contributed by atoms with Crippen LogP contribution in [0.5, 0.6) is 5.19 Å². The first-order valence-electron chi connectivity index (χ1n) is 4.13. The highest BCUT2D eigenvalue weighted by Crippen LogP contribution is 2.17. The number of ether oxygens (including phenoxy) is 1. The Morgan fingerprint density at radius 1 is 1.71 bits per heavy atom. The molecule has 1 rings (SSSR count). The van der Waals surface area contributed by atoms with Gasteiger partial charge in [-0.05, 0) is 13.8 Å². The quantitative estimate of drug-likeness (QED) is 0.723. The molecule has 6 heteroatoms. The third-order valence-corrected chi connectivity index (χ3v) is 2.32. The number of thiazole rings is 1. The molecule has 0 N–H and O–H groups in total. The molecule has 0 aliphatic carbocycles. The van der Waals surface area contributed by atoms with Crippen molar-refractivity contribution in [2.75, 3.05) is 13.7 Å². The lowest BCUT2D eigenvalue weighted by Crippen LogP contribution is -2.32. The predicted molar refractivity (Wildman–Crippen MR) is 52.3 cm³/mol. The molecule has 0 unspecified atom stereocenters. The first kappa shape index (κ1) is 10.9. The van der Waals surface area contributed by atoms with Crippen molar-refractivity contribution in [3.8, 4) is 5.19 Å². The highest BCUT2D eigenvalue weighted by Gasteiger charge is 2.14. The second kappa shape index (κ2) is 4.92. The van der Waals surface area contributed by atoms with Gasteiger partial charge < -0.3 is 4.74 Å².